The average Bonchev–Trinajstić information content (AvgIpc) is 2.69. The number of esters is 1. The van der Waals surface area contributed by atoms with Crippen molar-refractivity contribution in [2.75, 3.05) is 27.2 Å². The maximum absolute atomic E-state index is 12.0. The van der Waals surface area contributed by atoms with Gasteiger partial charge in [-0.3, -0.25) is 9.59 Å². The van der Waals surface area contributed by atoms with Crippen LogP contribution in [0, 0.1) is 0 Å². The molecule has 1 N–H and O–H groups in total. The number of carbonyl (C=O) groups is 3. The molecule has 2 aromatic carbocycles. The molecule has 0 aliphatic heterocycles. The fraction of sp³-hybridized carbons (Fsp3) is 0.250. The number of nitrogens with zero attached hydrogens (tertiary/aromatic N) is 1. The molecule has 0 atom stereocenters. The van der Waals surface area contributed by atoms with Crippen molar-refractivity contribution >= 4 is 17.8 Å². The third-order valence-electron chi connectivity index (χ3n) is 3.61. The number of amides is 2. The molecule has 2 aromatic rings. The molecule has 0 bridgehead atoms. The lowest BCUT2D eigenvalue weighted by atomic mass is 10.1. The molecule has 2 amide bonds. The van der Waals surface area contributed by atoms with Crippen molar-refractivity contribution in [2.45, 2.75) is 6.61 Å². The van der Waals surface area contributed by atoms with Crippen LogP contribution in [0.1, 0.15) is 15.9 Å². The van der Waals surface area contributed by atoms with Crippen LogP contribution in [-0.4, -0.2) is 49.9 Å². The maximum Gasteiger partial charge on any atom is 0.338 e. The highest BCUT2D eigenvalue weighted by molar-refractivity contribution is 5.92. The summed E-state index contributed by atoms with van der Waals surface area (Å²) in [5, 5.41) is 2.39. The maximum atomic E-state index is 12.0. The van der Waals surface area contributed by atoms with Gasteiger partial charge in [-0.1, -0.05) is 30.3 Å². The van der Waals surface area contributed by atoms with Gasteiger partial charge in [-0.05, 0) is 29.8 Å². The number of hydrogen-bond acceptors (Lipinski definition) is 5. The number of ether oxygens (including phenoxy) is 2. The van der Waals surface area contributed by atoms with E-state index in [0.29, 0.717) is 12.2 Å². The number of likely N-dealkylation sites (N-methyl/N-ethyl adjacent to an activating group) is 1. The number of benzene rings is 2. The van der Waals surface area contributed by atoms with Gasteiger partial charge in [0.2, 0.25) is 5.91 Å². The summed E-state index contributed by atoms with van der Waals surface area (Å²) in [5.74, 6) is -0.631. The van der Waals surface area contributed by atoms with Gasteiger partial charge in [-0.15, -0.1) is 0 Å². The molecular weight excluding hydrogens is 348 g/mol. The minimum Gasteiger partial charge on any atom is -0.489 e. The van der Waals surface area contributed by atoms with E-state index in [1.807, 2.05) is 30.3 Å². The lowest BCUT2D eigenvalue weighted by Crippen LogP contribution is -2.38. The molecule has 0 heterocycles. The number of para-hydroxylation sites is 1. The standard InChI is InChI=1S/C20H22N2O5/c1-22(2)19(24)12-21-18(23)14-27-20(25)16-10-8-15(9-11-16)13-26-17-6-4-3-5-7-17/h3-11H,12-14H2,1-2H3,(H,21,23). The van der Waals surface area contributed by atoms with E-state index in [-0.39, 0.29) is 12.5 Å². The van der Waals surface area contributed by atoms with Crippen LogP contribution in [0.3, 0.4) is 0 Å². The smallest absolute Gasteiger partial charge is 0.338 e. The molecule has 2 rings (SSSR count). The predicted octanol–water partition coefficient (Wildman–Crippen LogP) is 1.63. The summed E-state index contributed by atoms with van der Waals surface area (Å²) in [7, 11) is 3.17. The van der Waals surface area contributed by atoms with Crippen molar-refractivity contribution in [1.29, 1.82) is 0 Å². The summed E-state index contributed by atoms with van der Waals surface area (Å²) in [6.07, 6.45) is 0. The summed E-state index contributed by atoms with van der Waals surface area (Å²) in [5.41, 5.74) is 1.23. The monoisotopic (exact) mass is 370 g/mol. The Morgan fingerprint density at radius 2 is 1.63 bits per heavy atom. The van der Waals surface area contributed by atoms with Crippen LogP contribution >= 0.6 is 0 Å². The van der Waals surface area contributed by atoms with Gasteiger partial charge in [0.05, 0.1) is 12.1 Å². The van der Waals surface area contributed by atoms with E-state index in [1.54, 1.807) is 38.4 Å². The Bertz CT molecular complexity index is 773. The number of hydrogen-bond donors (Lipinski definition) is 1. The van der Waals surface area contributed by atoms with Gasteiger partial charge in [-0.2, -0.15) is 0 Å². The zero-order valence-corrected chi connectivity index (χ0v) is 15.3. The summed E-state index contributed by atoms with van der Waals surface area (Å²) < 4.78 is 10.6. The van der Waals surface area contributed by atoms with E-state index >= 15 is 0 Å². The van der Waals surface area contributed by atoms with Crippen molar-refractivity contribution in [1.82, 2.24) is 10.2 Å². The molecule has 0 spiro atoms. The van der Waals surface area contributed by atoms with Crippen LogP contribution in [0.2, 0.25) is 0 Å². The average molecular weight is 370 g/mol. The Hall–Kier alpha value is -3.35. The van der Waals surface area contributed by atoms with E-state index in [1.165, 1.54) is 4.90 Å². The van der Waals surface area contributed by atoms with E-state index in [2.05, 4.69) is 5.32 Å². The van der Waals surface area contributed by atoms with Crippen molar-refractivity contribution in [3.05, 3.63) is 65.7 Å². The fourth-order valence-corrected chi connectivity index (χ4v) is 2.02. The van der Waals surface area contributed by atoms with E-state index < -0.39 is 18.5 Å². The van der Waals surface area contributed by atoms with Crippen molar-refractivity contribution in [2.24, 2.45) is 0 Å². The molecule has 27 heavy (non-hydrogen) atoms. The quantitative estimate of drug-likeness (QED) is 0.714. The molecule has 142 valence electrons. The molecule has 0 saturated carbocycles. The Balaban J connectivity index is 1.76. The minimum absolute atomic E-state index is 0.139. The molecule has 7 heteroatoms. The molecule has 0 aliphatic rings. The normalized spacial score (nSPS) is 10.0. The third kappa shape index (κ3) is 6.81. The van der Waals surface area contributed by atoms with E-state index in [9.17, 15) is 14.4 Å². The third-order valence-corrected chi connectivity index (χ3v) is 3.61. The Morgan fingerprint density at radius 3 is 2.26 bits per heavy atom. The molecule has 7 nitrogen and oxygen atoms in total. The summed E-state index contributed by atoms with van der Waals surface area (Å²) in [6, 6.07) is 16.2. The van der Waals surface area contributed by atoms with Gasteiger partial charge in [0.1, 0.15) is 12.4 Å². The summed E-state index contributed by atoms with van der Waals surface area (Å²) in [6.45, 7) is -0.209. The number of carbonyl (C=O) groups excluding carboxylic acids is 3. The summed E-state index contributed by atoms with van der Waals surface area (Å²) >= 11 is 0. The highest BCUT2D eigenvalue weighted by Gasteiger charge is 2.12. The van der Waals surface area contributed by atoms with E-state index in [0.717, 1.165) is 11.3 Å². The zero-order valence-electron chi connectivity index (χ0n) is 15.3. The molecule has 0 aliphatic carbocycles. The Kier molecular flexibility index (Phi) is 7.37. The molecule has 0 radical (unpaired) electrons. The fourth-order valence-electron chi connectivity index (χ4n) is 2.02. The van der Waals surface area contributed by atoms with Crippen LogP contribution < -0.4 is 10.1 Å². The first kappa shape index (κ1) is 20.0. The van der Waals surface area contributed by atoms with Gasteiger partial charge in [-0.25, -0.2) is 4.79 Å². The Morgan fingerprint density at radius 1 is 0.963 bits per heavy atom. The first-order valence-corrected chi connectivity index (χ1v) is 8.36. The number of rotatable bonds is 8. The molecule has 0 fully saturated rings. The van der Waals surface area contributed by atoms with Crippen LogP contribution in [0.25, 0.3) is 0 Å². The summed E-state index contributed by atoms with van der Waals surface area (Å²) in [4.78, 5) is 36.3. The molecule has 0 unspecified atom stereocenters. The van der Waals surface area contributed by atoms with Gasteiger partial charge >= 0.3 is 5.97 Å². The first-order chi connectivity index (χ1) is 13.0. The van der Waals surface area contributed by atoms with Gasteiger partial charge in [0.15, 0.2) is 6.61 Å². The molecule has 0 saturated heterocycles. The second-order valence-corrected chi connectivity index (χ2v) is 5.94. The van der Waals surface area contributed by atoms with Crippen LogP contribution in [-0.2, 0) is 20.9 Å². The predicted molar refractivity (Wildman–Crippen MR) is 99.2 cm³/mol. The topological polar surface area (TPSA) is 84.9 Å². The Labute approximate surface area is 157 Å². The second-order valence-electron chi connectivity index (χ2n) is 5.94. The van der Waals surface area contributed by atoms with Crippen molar-refractivity contribution in [3.8, 4) is 5.75 Å². The van der Waals surface area contributed by atoms with Crippen LogP contribution in [0.4, 0.5) is 0 Å². The van der Waals surface area contributed by atoms with Gasteiger partial charge in [0, 0.05) is 14.1 Å². The van der Waals surface area contributed by atoms with Crippen LogP contribution in [0.15, 0.2) is 54.6 Å². The minimum atomic E-state index is -0.611. The SMILES string of the molecule is CN(C)C(=O)CNC(=O)COC(=O)c1ccc(COc2ccccc2)cc1. The highest BCUT2D eigenvalue weighted by atomic mass is 16.5. The molecular formula is C20H22N2O5. The van der Waals surface area contributed by atoms with Gasteiger partial charge in [0.25, 0.3) is 5.91 Å². The second kappa shape index (κ2) is 9.96. The van der Waals surface area contributed by atoms with E-state index in [4.69, 9.17) is 9.47 Å². The highest BCUT2D eigenvalue weighted by Crippen LogP contribution is 2.12. The lowest BCUT2D eigenvalue weighted by molar-refractivity contribution is -0.131. The largest absolute Gasteiger partial charge is 0.489 e. The number of nitrogens with one attached hydrogen (secondary N) is 1. The lowest BCUT2D eigenvalue weighted by Gasteiger charge is -2.11. The van der Waals surface area contributed by atoms with Crippen LogP contribution in [0.5, 0.6) is 5.75 Å². The van der Waals surface area contributed by atoms with Gasteiger partial charge < -0.3 is 19.7 Å². The van der Waals surface area contributed by atoms with Crippen molar-refractivity contribution in [3.63, 3.8) is 0 Å². The molecule has 0 aromatic heterocycles. The van der Waals surface area contributed by atoms with Crippen molar-refractivity contribution < 1.29 is 23.9 Å². The zero-order chi connectivity index (χ0) is 19.6. The first-order valence-electron chi connectivity index (χ1n) is 8.36.